The van der Waals surface area contributed by atoms with E-state index in [1.54, 1.807) is 29.6 Å². The van der Waals surface area contributed by atoms with Crippen molar-refractivity contribution in [3.05, 3.63) is 35.5 Å². The van der Waals surface area contributed by atoms with Gasteiger partial charge in [-0.3, -0.25) is 15.2 Å². The number of carbonyl (C=O) groups is 1. The third-order valence-corrected chi connectivity index (χ3v) is 9.05. The maximum Gasteiger partial charge on any atom is 0.319 e. The monoisotopic (exact) mass is 551 g/mol. The van der Waals surface area contributed by atoms with E-state index in [-0.39, 0.29) is 21.0 Å². The minimum Gasteiger partial charge on any atom is -0.331 e. The van der Waals surface area contributed by atoms with Crippen LogP contribution in [0.4, 0.5) is 9.18 Å². The number of hydrogen-bond donors (Lipinski definition) is 3. The highest BCUT2D eigenvalue weighted by atomic mass is 32.2. The van der Waals surface area contributed by atoms with Crippen molar-refractivity contribution in [3.63, 3.8) is 0 Å². The highest BCUT2D eigenvalue weighted by Crippen LogP contribution is 2.49. The van der Waals surface area contributed by atoms with Gasteiger partial charge in [0, 0.05) is 33.4 Å². The predicted octanol–water partition coefficient (Wildman–Crippen LogP) is 4.24. The largest absolute Gasteiger partial charge is 0.331 e. The number of nitriles is 2. The second-order valence-corrected chi connectivity index (χ2v) is 11.8. The number of fused-ring (bicyclic) bond motifs is 1. The van der Waals surface area contributed by atoms with Crippen molar-refractivity contribution < 1.29 is 9.18 Å². The summed E-state index contributed by atoms with van der Waals surface area (Å²) in [5, 5.41) is 36.0. The zero-order chi connectivity index (χ0) is 27.2. The molecule has 5 rings (SSSR count). The Morgan fingerprint density at radius 1 is 1.24 bits per heavy atom. The van der Waals surface area contributed by atoms with E-state index < -0.39 is 16.8 Å². The van der Waals surface area contributed by atoms with Gasteiger partial charge in [0.25, 0.3) is 0 Å². The summed E-state index contributed by atoms with van der Waals surface area (Å²) >= 11 is 1.96. The fourth-order valence-corrected chi connectivity index (χ4v) is 6.04. The van der Waals surface area contributed by atoms with E-state index in [0.29, 0.717) is 67.7 Å². The summed E-state index contributed by atoms with van der Waals surface area (Å²) in [5.41, 5.74) is 0.247. The average molecular weight is 552 g/mol. The van der Waals surface area contributed by atoms with Crippen LogP contribution in [0.2, 0.25) is 0 Å². The predicted molar refractivity (Wildman–Crippen MR) is 144 cm³/mol. The van der Waals surface area contributed by atoms with Crippen molar-refractivity contribution in [1.82, 2.24) is 23.9 Å². The molecule has 0 aromatic carbocycles. The fourth-order valence-electron chi connectivity index (χ4n) is 4.23. The number of urea groups is 1. The molecule has 3 aliphatic rings. The van der Waals surface area contributed by atoms with Gasteiger partial charge in [0.1, 0.15) is 21.6 Å². The first kappa shape index (κ1) is 26.2. The lowest BCUT2D eigenvalue weighted by Crippen LogP contribution is -2.41. The topological polar surface area (TPSA) is 148 Å². The van der Waals surface area contributed by atoms with E-state index in [1.807, 2.05) is 6.08 Å². The van der Waals surface area contributed by atoms with Crippen LogP contribution in [0, 0.1) is 44.7 Å². The van der Waals surface area contributed by atoms with Gasteiger partial charge in [-0.25, -0.2) is 18.9 Å². The first-order valence-corrected chi connectivity index (χ1v) is 13.7. The van der Waals surface area contributed by atoms with Crippen LogP contribution in [0.1, 0.15) is 43.4 Å². The van der Waals surface area contributed by atoms with Crippen molar-refractivity contribution in [3.8, 4) is 12.1 Å². The number of nitrogens with one attached hydrogen (secondary N) is 3. The van der Waals surface area contributed by atoms with Gasteiger partial charge in [-0.2, -0.15) is 10.5 Å². The van der Waals surface area contributed by atoms with Gasteiger partial charge in [0.2, 0.25) is 0 Å². The molecule has 3 N–H and O–H groups in total. The number of nitrogens with zero attached hydrogens (tertiary/aromatic N) is 6. The molecule has 2 aliphatic carbocycles. The van der Waals surface area contributed by atoms with Gasteiger partial charge in [-0.15, -0.1) is 0 Å². The highest BCUT2D eigenvalue weighted by molar-refractivity contribution is 8.26. The molecule has 0 radical (unpaired) electrons. The third kappa shape index (κ3) is 4.66. The second kappa shape index (κ2) is 9.73. The van der Waals surface area contributed by atoms with Gasteiger partial charge in [-0.05, 0) is 49.6 Å². The lowest BCUT2D eigenvalue weighted by atomic mass is 10.00. The summed E-state index contributed by atoms with van der Waals surface area (Å²) < 4.78 is 20.8. The molecule has 0 atom stereocenters. The van der Waals surface area contributed by atoms with Crippen LogP contribution < -0.4 is 4.72 Å². The van der Waals surface area contributed by atoms with E-state index in [9.17, 15) is 15.3 Å². The summed E-state index contributed by atoms with van der Waals surface area (Å²) in [6.07, 6.45) is 7.90. The number of rotatable bonds is 6. The van der Waals surface area contributed by atoms with Crippen LogP contribution in [0.25, 0.3) is 11.2 Å². The van der Waals surface area contributed by atoms with Crippen LogP contribution in [0.5, 0.6) is 0 Å². The normalized spacial score (nSPS) is 18.8. The van der Waals surface area contributed by atoms with Crippen LogP contribution in [-0.2, 0) is 0 Å². The van der Waals surface area contributed by atoms with Gasteiger partial charge in [-0.1, -0.05) is 17.8 Å². The zero-order valence-electron chi connectivity index (χ0n) is 21.0. The molecular formula is C25H26FN9OS2. The molecule has 38 heavy (non-hydrogen) atoms. The summed E-state index contributed by atoms with van der Waals surface area (Å²) in [7, 11) is 3.37. The SMILES string of the molecule is CN(C)C(=O)N1CC=C(c2c(F)c(SNC3(C#N)CC3)cn3c(C(=N)SC(=N)C4(C#N)CC4)cnc23)CC1. The van der Waals surface area contributed by atoms with E-state index in [1.165, 1.54) is 11.1 Å². The Kier molecular flexibility index (Phi) is 6.71. The number of aromatic nitrogens is 2. The van der Waals surface area contributed by atoms with Crippen molar-refractivity contribution in [2.45, 2.75) is 42.5 Å². The van der Waals surface area contributed by atoms with Crippen LogP contribution >= 0.6 is 23.7 Å². The summed E-state index contributed by atoms with van der Waals surface area (Å²) in [6.45, 7) is 0.756. The lowest BCUT2D eigenvalue weighted by Gasteiger charge is -2.29. The maximum absolute atomic E-state index is 16.0. The second-order valence-electron chi connectivity index (χ2n) is 9.97. The minimum absolute atomic E-state index is 0.0431. The molecule has 2 aromatic rings. The van der Waals surface area contributed by atoms with Crippen molar-refractivity contribution in [2.24, 2.45) is 5.41 Å². The van der Waals surface area contributed by atoms with Crippen LogP contribution in [0.3, 0.4) is 0 Å². The summed E-state index contributed by atoms with van der Waals surface area (Å²) in [5.74, 6) is -0.479. The first-order valence-electron chi connectivity index (χ1n) is 12.1. The molecule has 2 saturated carbocycles. The van der Waals surface area contributed by atoms with Crippen LogP contribution in [0.15, 0.2) is 23.4 Å². The Morgan fingerprint density at radius 2 is 1.97 bits per heavy atom. The number of amides is 2. The van der Waals surface area contributed by atoms with Gasteiger partial charge in [0.15, 0.2) is 5.82 Å². The standard InChI is InChI=1S/C25H26FN9OS2/c1-33(2)23(36)34-9-3-15(4-10-34)18-19(26)17(38-32-25(14-28)7-8-25)12-35-16(11-31-21(18)35)20(29)37-22(30)24(13-27)5-6-24/h3,11-12,29-30,32H,4-10H2,1-2H3. The molecule has 2 amide bonds. The number of hydrogen-bond acceptors (Lipinski definition) is 9. The molecular weight excluding hydrogens is 525 g/mol. The molecule has 0 bridgehead atoms. The molecule has 0 saturated heterocycles. The Labute approximate surface area is 228 Å². The van der Waals surface area contributed by atoms with Gasteiger partial charge >= 0.3 is 6.03 Å². The van der Waals surface area contributed by atoms with Crippen LogP contribution in [-0.4, -0.2) is 68.0 Å². The Hall–Kier alpha value is -3.39. The Morgan fingerprint density at radius 3 is 2.53 bits per heavy atom. The number of carbonyl (C=O) groups excluding carboxylic acids is 1. The average Bonchev–Trinajstić information content (AvgIpc) is 3.84. The molecule has 2 fully saturated rings. The molecule has 3 heterocycles. The Bertz CT molecular complexity index is 1470. The van der Waals surface area contributed by atoms with Crippen molar-refractivity contribution in [1.29, 1.82) is 21.3 Å². The van der Waals surface area contributed by atoms with E-state index in [0.717, 1.165) is 23.7 Å². The molecule has 13 heteroatoms. The Balaban J connectivity index is 1.52. The molecule has 10 nitrogen and oxygen atoms in total. The number of halogens is 1. The quantitative estimate of drug-likeness (QED) is 0.276. The molecule has 196 valence electrons. The van der Waals surface area contributed by atoms with Crippen molar-refractivity contribution >= 4 is 51.0 Å². The maximum atomic E-state index is 16.0. The summed E-state index contributed by atoms with van der Waals surface area (Å²) in [6, 6.07) is 4.30. The first-order chi connectivity index (χ1) is 18.1. The third-order valence-electron chi connectivity index (χ3n) is 7.04. The number of imidazole rings is 1. The molecule has 2 aromatic heterocycles. The van der Waals surface area contributed by atoms with E-state index in [4.69, 9.17) is 10.8 Å². The molecule has 0 unspecified atom stereocenters. The van der Waals surface area contributed by atoms with E-state index in [2.05, 4.69) is 21.8 Å². The van der Waals surface area contributed by atoms with E-state index >= 15 is 4.39 Å². The number of pyridine rings is 1. The van der Waals surface area contributed by atoms with Gasteiger partial charge in [0.05, 0.1) is 39.5 Å². The highest BCUT2D eigenvalue weighted by Gasteiger charge is 2.48. The summed E-state index contributed by atoms with van der Waals surface area (Å²) in [4.78, 5) is 20.3. The molecule has 0 spiro atoms. The number of thioether (sulfide) groups is 1. The van der Waals surface area contributed by atoms with Crippen molar-refractivity contribution in [2.75, 3.05) is 27.2 Å². The smallest absolute Gasteiger partial charge is 0.319 e. The zero-order valence-corrected chi connectivity index (χ0v) is 22.6. The molecule has 1 aliphatic heterocycles. The fraction of sp³-hybridized carbons (Fsp3) is 0.440. The van der Waals surface area contributed by atoms with Gasteiger partial charge < -0.3 is 9.80 Å². The minimum atomic E-state index is -0.807. The lowest BCUT2D eigenvalue weighted by molar-refractivity contribution is 0.176.